The number of aliphatic hydroxyl groups is 2. The predicted octanol–water partition coefficient (Wildman–Crippen LogP) is -0.800. The Morgan fingerprint density at radius 1 is 1.50 bits per heavy atom. The molecule has 0 unspecified atom stereocenters. The van der Waals surface area contributed by atoms with Crippen LogP contribution in [0.15, 0.2) is 7.94 Å². The number of nitrogens with zero attached hydrogens (tertiary/aromatic N) is 3. The van der Waals surface area contributed by atoms with Crippen molar-refractivity contribution < 1.29 is 14.9 Å². The molecule has 5 N–H and O–H groups in total. The van der Waals surface area contributed by atoms with E-state index in [9.17, 15) is 4.79 Å². The fourth-order valence-electron chi connectivity index (χ4n) is 1.25. The van der Waals surface area contributed by atoms with Crippen LogP contribution < -0.4 is 14.4 Å². The fraction of sp³-hybridized carbons (Fsp3) is 0.500. The number of aromatic nitrogens is 2. The molecule has 0 spiro atoms. The molecular weight excluding hydrogens is 357 g/mol. The molecule has 2 heterocycles. The summed E-state index contributed by atoms with van der Waals surface area (Å²) in [6.07, 6.45) is -0.655. The second kappa shape index (κ2) is 5.69. The Labute approximate surface area is 112 Å². The standard InChI is InChI=1S/C8H12IN5O4/c10-8-11-6-5(7(17)12-8)13-9-14(6)3-18-4(1-15)2-16/h4,15-16H,1-3H2,(H3,10,11,12,17). The van der Waals surface area contributed by atoms with E-state index in [4.69, 9.17) is 20.7 Å². The number of hydrogen-bond donors (Lipinski definition) is 4. The van der Waals surface area contributed by atoms with Gasteiger partial charge in [-0.1, -0.05) is 0 Å². The highest BCUT2D eigenvalue weighted by Crippen LogP contribution is 2.37. The maximum Gasteiger partial charge on any atom is 0.280 e. The molecule has 1 aliphatic heterocycles. The van der Waals surface area contributed by atoms with E-state index in [1.54, 1.807) is 3.11 Å². The number of aliphatic hydroxyl groups excluding tert-OH is 2. The van der Waals surface area contributed by atoms with Gasteiger partial charge in [0, 0.05) is 0 Å². The zero-order valence-electron chi connectivity index (χ0n) is 9.21. The first-order valence-electron chi connectivity index (χ1n) is 5.01. The third-order valence-electron chi connectivity index (χ3n) is 2.17. The molecule has 0 fully saturated rings. The van der Waals surface area contributed by atoms with E-state index in [2.05, 4.69) is 13.1 Å². The summed E-state index contributed by atoms with van der Waals surface area (Å²) in [5.41, 5.74) is 5.34. The molecule has 0 saturated carbocycles. The average Bonchev–Trinajstić information content (AvgIpc) is 2.74. The van der Waals surface area contributed by atoms with E-state index in [1.807, 2.05) is 0 Å². The van der Waals surface area contributed by atoms with Gasteiger partial charge in [-0.25, -0.2) is 0 Å². The minimum absolute atomic E-state index is 0.0192. The zero-order chi connectivity index (χ0) is 13.1. The SMILES string of the molecule is Nc1nc2c(c(=O)[nH]1)N=IN2COC(CO)CO. The Balaban J connectivity index is 2.12. The number of halogens is 1. The minimum atomic E-state index is -0.794. The van der Waals surface area contributed by atoms with Crippen molar-refractivity contribution in [3.8, 4) is 0 Å². The molecular formula is C8H12IN5O4. The maximum absolute atomic E-state index is 11.5. The van der Waals surface area contributed by atoms with Crippen molar-refractivity contribution in [2.45, 2.75) is 6.10 Å². The van der Waals surface area contributed by atoms with Crippen molar-refractivity contribution in [3.05, 3.63) is 10.4 Å². The molecule has 10 heteroatoms. The Morgan fingerprint density at radius 2 is 2.22 bits per heavy atom. The van der Waals surface area contributed by atoms with Gasteiger partial charge in [0.25, 0.3) is 5.56 Å². The lowest BCUT2D eigenvalue weighted by molar-refractivity contribution is -0.0142. The normalized spacial score (nSPS) is 13.8. The van der Waals surface area contributed by atoms with Crippen LogP contribution in [0.5, 0.6) is 0 Å². The Kier molecular flexibility index (Phi) is 4.21. The van der Waals surface area contributed by atoms with Crippen LogP contribution in [-0.4, -0.2) is 46.2 Å². The lowest BCUT2D eigenvalue weighted by atomic mass is 10.4. The summed E-state index contributed by atoms with van der Waals surface area (Å²) in [5.74, 6) is 0.407. The highest BCUT2D eigenvalue weighted by atomic mass is 127. The second-order valence-electron chi connectivity index (χ2n) is 3.43. The molecule has 0 aromatic carbocycles. The molecule has 0 aliphatic carbocycles. The number of fused-ring (bicyclic) bond motifs is 1. The van der Waals surface area contributed by atoms with Crippen LogP contribution in [0.25, 0.3) is 0 Å². The molecule has 18 heavy (non-hydrogen) atoms. The molecule has 0 amide bonds. The quantitative estimate of drug-likeness (QED) is 0.394. The summed E-state index contributed by atoms with van der Waals surface area (Å²) in [6, 6.07) is 0. The molecule has 0 saturated heterocycles. The van der Waals surface area contributed by atoms with E-state index in [0.717, 1.165) is 0 Å². The van der Waals surface area contributed by atoms with Crippen molar-refractivity contribution in [3.63, 3.8) is 0 Å². The number of hydrogen-bond acceptors (Lipinski definition) is 8. The van der Waals surface area contributed by atoms with Gasteiger partial charge in [0.05, 0.1) is 13.2 Å². The first-order valence-corrected chi connectivity index (χ1v) is 6.94. The van der Waals surface area contributed by atoms with Gasteiger partial charge < -0.3 is 20.7 Å². The highest BCUT2D eigenvalue weighted by molar-refractivity contribution is 14.2. The number of nitrogens with two attached hydrogens (primary N) is 1. The largest absolute Gasteiger partial charge is 0.394 e. The third-order valence-corrected chi connectivity index (χ3v) is 4.12. The molecule has 100 valence electrons. The summed E-state index contributed by atoms with van der Waals surface area (Å²) in [6.45, 7) is -0.458. The van der Waals surface area contributed by atoms with Crippen molar-refractivity contribution >= 4 is 38.8 Å². The van der Waals surface area contributed by atoms with E-state index in [-0.39, 0.29) is 37.1 Å². The van der Waals surface area contributed by atoms with Gasteiger partial charge in [0.1, 0.15) is 34.1 Å². The molecule has 0 atom stereocenters. The van der Waals surface area contributed by atoms with Gasteiger partial charge in [-0.15, -0.1) is 0 Å². The summed E-state index contributed by atoms with van der Waals surface area (Å²) in [7, 11) is 0. The summed E-state index contributed by atoms with van der Waals surface area (Å²) in [4.78, 5) is 17.9. The number of ether oxygens (including phenoxy) is 1. The molecule has 1 aromatic heterocycles. The van der Waals surface area contributed by atoms with Crippen LogP contribution in [0.1, 0.15) is 0 Å². The lowest BCUT2D eigenvalue weighted by Crippen LogP contribution is -2.28. The van der Waals surface area contributed by atoms with Gasteiger partial charge in [-0.3, -0.25) is 12.9 Å². The Hall–Kier alpha value is -1.11. The topological polar surface area (TPSA) is 137 Å². The number of nitrogen functional groups attached to an aromatic ring is 1. The summed E-state index contributed by atoms with van der Waals surface area (Å²) < 4.78 is 11.1. The van der Waals surface area contributed by atoms with Gasteiger partial charge in [0.2, 0.25) is 5.95 Å². The molecule has 1 aliphatic rings. The lowest BCUT2D eigenvalue weighted by Gasteiger charge is -2.18. The number of rotatable bonds is 5. The van der Waals surface area contributed by atoms with Crippen molar-refractivity contribution in [2.24, 2.45) is 3.15 Å². The average molecular weight is 369 g/mol. The van der Waals surface area contributed by atoms with Crippen LogP contribution in [0, 0.1) is 0 Å². The molecule has 0 radical (unpaired) electrons. The number of anilines is 2. The first kappa shape index (κ1) is 13.3. The third kappa shape index (κ3) is 2.66. The predicted molar refractivity (Wildman–Crippen MR) is 71.8 cm³/mol. The zero-order valence-corrected chi connectivity index (χ0v) is 11.4. The molecule has 2 rings (SSSR count). The van der Waals surface area contributed by atoms with Crippen molar-refractivity contribution in [2.75, 3.05) is 28.8 Å². The van der Waals surface area contributed by atoms with Gasteiger partial charge >= 0.3 is 0 Å². The molecule has 1 aromatic rings. The minimum Gasteiger partial charge on any atom is -0.394 e. The number of aromatic amines is 1. The van der Waals surface area contributed by atoms with Crippen LogP contribution >= 0.6 is 21.3 Å². The second-order valence-corrected chi connectivity index (χ2v) is 5.51. The van der Waals surface area contributed by atoms with Crippen molar-refractivity contribution in [1.82, 2.24) is 9.97 Å². The van der Waals surface area contributed by atoms with E-state index in [1.165, 1.54) is 0 Å². The van der Waals surface area contributed by atoms with Gasteiger partial charge in [-0.05, 0) is 0 Å². The van der Waals surface area contributed by atoms with E-state index < -0.39 is 27.4 Å². The van der Waals surface area contributed by atoms with Crippen LogP contribution in [0.4, 0.5) is 17.5 Å². The van der Waals surface area contributed by atoms with Crippen LogP contribution in [-0.2, 0) is 4.74 Å². The monoisotopic (exact) mass is 369 g/mol. The number of H-pyrrole nitrogens is 1. The first-order chi connectivity index (χ1) is 8.65. The fourth-order valence-corrected chi connectivity index (χ4v) is 2.99. The number of nitrogens with one attached hydrogen (secondary N) is 1. The maximum atomic E-state index is 11.5. The smallest absolute Gasteiger partial charge is 0.280 e. The molecule has 9 nitrogen and oxygen atoms in total. The van der Waals surface area contributed by atoms with Crippen LogP contribution in [0.3, 0.4) is 0 Å². The van der Waals surface area contributed by atoms with E-state index in [0.29, 0.717) is 5.82 Å². The van der Waals surface area contributed by atoms with Gasteiger partial charge in [-0.2, -0.15) is 8.13 Å². The summed E-state index contributed by atoms with van der Waals surface area (Å²) >= 11 is -0.794. The van der Waals surface area contributed by atoms with Gasteiger partial charge in [0.15, 0.2) is 11.5 Å². The van der Waals surface area contributed by atoms with E-state index >= 15 is 0 Å². The van der Waals surface area contributed by atoms with Crippen LogP contribution in [0.2, 0.25) is 0 Å². The highest BCUT2D eigenvalue weighted by Gasteiger charge is 2.23. The molecule has 0 bridgehead atoms. The Morgan fingerprint density at radius 3 is 2.89 bits per heavy atom. The summed E-state index contributed by atoms with van der Waals surface area (Å²) in [5, 5.41) is 17.7. The Bertz CT molecular complexity index is 515. The van der Waals surface area contributed by atoms with Crippen molar-refractivity contribution in [1.29, 1.82) is 0 Å².